The molecule has 0 fully saturated rings. The van der Waals surface area contributed by atoms with E-state index in [1.807, 2.05) is 0 Å². The average molecular weight is 276 g/mol. The fourth-order valence-electron chi connectivity index (χ4n) is 1.52. The summed E-state index contributed by atoms with van der Waals surface area (Å²) < 4.78 is 0. The van der Waals surface area contributed by atoms with Crippen LogP contribution in [0.15, 0.2) is 48.5 Å². The Balaban J connectivity index is 2.18. The lowest BCUT2D eigenvalue weighted by atomic mass is 10.1. The minimum atomic E-state index is -0.700. The Morgan fingerprint density at radius 3 is 2.37 bits per heavy atom. The molecule has 5 heteroatoms. The summed E-state index contributed by atoms with van der Waals surface area (Å²) in [4.78, 5) is 23.6. The highest BCUT2D eigenvalue weighted by molar-refractivity contribution is 6.31. The third kappa shape index (κ3) is 3.11. The van der Waals surface area contributed by atoms with Gasteiger partial charge >= 0.3 is 0 Å². The number of phenols is 1. The molecule has 0 aliphatic rings. The van der Waals surface area contributed by atoms with Crippen LogP contribution in [0.4, 0.5) is 0 Å². The highest BCUT2D eigenvalue weighted by Gasteiger charge is 2.15. The highest BCUT2D eigenvalue weighted by atomic mass is 35.5. The van der Waals surface area contributed by atoms with Crippen LogP contribution in [-0.2, 0) is 0 Å². The molecule has 19 heavy (non-hydrogen) atoms. The number of halogens is 1. The van der Waals surface area contributed by atoms with Gasteiger partial charge in [-0.1, -0.05) is 29.8 Å². The van der Waals surface area contributed by atoms with Crippen molar-refractivity contribution in [3.05, 3.63) is 64.7 Å². The Morgan fingerprint density at radius 2 is 1.68 bits per heavy atom. The summed E-state index contributed by atoms with van der Waals surface area (Å²) in [5.41, 5.74) is 0.314. The van der Waals surface area contributed by atoms with Crippen LogP contribution in [0.1, 0.15) is 20.7 Å². The number of carbonyl (C=O) groups excluding carboxylic acids is 2. The maximum Gasteiger partial charge on any atom is 0.261 e. The van der Waals surface area contributed by atoms with E-state index < -0.39 is 11.8 Å². The molecule has 0 bridgehead atoms. The second kappa shape index (κ2) is 5.54. The summed E-state index contributed by atoms with van der Waals surface area (Å²) in [6.45, 7) is 0. The van der Waals surface area contributed by atoms with Gasteiger partial charge in [0.15, 0.2) is 0 Å². The number of aromatic hydroxyl groups is 1. The van der Waals surface area contributed by atoms with Gasteiger partial charge in [0.2, 0.25) is 0 Å². The predicted octanol–water partition coefficient (Wildman–Crippen LogP) is 2.62. The molecule has 0 aromatic heterocycles. The SMILES string of the molecule is O=C(NC(=O)c1cc(Cl)ccc1O)c1ccccc1. The number of nitrogens with one attached hydrogen (secondary N) is 1. The molecule has 2 amide bonds. The van der Waals surface area contributed by atoms with Gasteiger partial charge in [-0.05, 0) is 30.3 Å². The van der Waals surface area contributed by atoms with Crippen LogP contribution in [0.5, 0.6) is 5.75 Å². The minimum absolute atomic E-state index is 0.0446. The first-order valence-electron chi connectivity index (χ1n) is 5.47. The molecular formula is C14H10ClNO3. The maximum atomic E-state index is 11.9. The van der Waals surface area contributed by atoms with E-state index in [1.54, 1.807) is 30.3 Å². The summed E-state index contributed by atoms with van der Waals surface area (Å²) in [7, 11) is 0. The first-order chi connectivity index (χ1) is 9.08. The number of carbonyl (C=O) groups is 2. The van der Waals surface area contributed by atoms with Crippen LogP contribution >= 0.6 is 11.6 Å². The zero-order chi connectivity index (χ0) is 13.8. The van der Waals surface area contributed by atoms with Crippen molar-refractivity contribution in [3.8, 4) is 5.75 Å². The van der Waals surface area contributed by atoms with Crippen molar-refractivity contribution < 1.29 is 14.7 Å². The van der Waals surface area contributed by atoms with E-state index in [4.69, 9.17) is 11.6 Å². The highest BCUT2D eigenvalue weighted by Crippen LogP contribution is 2.21. The largest absolute Gasteiger partial charge is 0.507 e. The Morgan fingerprint density at radius 1 is 1.00 bits per heavy atom. The van der Waals surface area contributed by atoms with Crippen molar-refractivity contribution in [2.75, 3.05) is 0 Å². The molecule has 2 aromatic rings. The average Bonchev–Trinajstić information content (AvgIpc) is 2.42. The third-order valence-corrected chi connectivity index (χ3v) is 2.70. The molecule has 0 aliphatic heterocycles. The second-order valence-corrected chi connectivity index (χ2v) is 4.25. The summed E-state index contributed by atoms with van der Waals surface area (Å²) >= 11 is 5.74. The first kappa shape index (κ1) is 13.1. The molecular weight excluding hydrogens is 266 g/mol. The molecule has 0 unspecified atom stereocenters. The fourth-order valence-corrected chi connectivity index (χ4v) is 1.69. The molecule has 2 rings (SSSR count). The van der Waals surface area contributed by atoms with Crippen molar-refractivity contribution in [2.24, 2.45) is 0 Å². The smallest absolute Gasteiger partial charge is 0.261 e. The fraction of sp³-hybridized carbons (Fsp3) is 0. The summed E-state index contributed by atoms with van der Waals surface area (Å²) in [6, 6.07) is 12.4. The topological polar surface area (TPSA) is 66.4 Å². The van der Waals surface area contributed by atoms with Crippen molar-refractivity contribution in [3.63, 3.8) is 0 Å². The molecule has 0 spiro atoms. The van der Waals surface area contributed by atoms with Crippen LogP contribution in [-0.4, -0.2) is 16.9 Å². The monoisotopic (exact) mass is 275 g/mol. The Bertz CT molecular complexity index is 626. The lowest BCUT2D eigenvalue weighted by Gasteiger charge is -2.06. The zero-order valence-electron chi connectivity index (χ0n) is 9.76. The van der Waals surface area contributed by atoms with E-state index in [1.165, 1.54) is 18.2 Å². The molecule has 0 atom stereocenters. The molecule has 2 N–H and O–H groups in total. The number of imide groups is 1. The number of hydrogen-bond acceptors (Lipinski definition) is 3. The number of rotatable bonds is 2. The second-order valence-electron chi connectivity index (χ2n) is 3.81. The van der Waals surface area contributed by atoms with E-state index in [9.17, 15) is 14.7 Å². The van der Waals surface area contributed by atoms with Gasteiger partial charge in [-0.15, -0.1) is 0 Å². The number of phenolic OH excluding ortho intramolecular Hbond substituents is 1. The van der Waals surface area contributed by atoms with E-state index in [0.29, 0.717) is 10.6 Å². The zero-order valence-corrected chi connectivity index (χ0v) is 10.5. The Hall–Kier alpha value is -2.33. The van der Waals surface area contributed by atoms with Crippen molar-refractivity contribution in [1.82, 2.24) is 5.32 Å². The minimum Gasteiger partial charge on any atom is -0.507 e. The number of benzene rings is 2. The van der Waals surface area contributed by atoms with Gasteiger partial charge in [0.1, 0.15) is 5.75 Å². The van der Waals surface area contributed by atoms with Crippen LogP contribution in [0.3, 0.4) is 0 Å². The summed E-state index contributed by atoms with van der Waals surface area (Å²) in [6.07, 6.45) is 0. The molecule has 0 saturated carbocycles. The molecule has 0 heterocycles. The maximum absolute atomic E-state index is 11.9. The normalized spacial score (nSPS) is 9.95. The van der Waals surface area contributed by atoms with Crippen molar-refractivity contribution in [1.29, 1.82) is 0 Å². The van der Waals surface area contributed by atoms with Crippen molar-refractivity contribution in [2.45, 2.75) is 0 Å². The lowest BCUT2D eigenvalue weighted by Crippen LogP contribution is -2.30. The van der Waals surface area contributed by atoms with E-state index in [0.717, 1.165) is 0 Å². The molecule has 0 saturated heterocycles. The number of amides is 2. The Kier molecular flexibility index (Phi) is 3.82. The van der Waals surface area contributed by atoms with E-state index in [2.05, 4.69) is 5.32 Å². The molecule has 96 valence electrons. The van der Waals surface area contributed by atoms with Gasteiger partial charge < -0.3 is 5.11 Å². The van der Waals surface area contributed by atoms with Gasteiger partial charge in [-0.2, -0.15) is 0 Å². The van der Waals surface area contributed by atoms with Gasteiger partial charge in [-0.3, -0.25) is 14.9 Å². The van der Waals surface area contributed by atoms with Crippen molar-refractivity contribution >= 4 is 23.4 Å². The van der Waals surface area contributed by atoms with E-state index in [-0.39, 0.29) is 11.3 Å². The molecule has 4 nitrogen and oxygen atoms in total. The molecule has 2 aromatic carbocycles. The van der Waals surface area contributed by atoms with Gasteiger partial charge in [0, 0.05) is 10.6 Å². The van der Waals surface area contributed by atoms with Gasteiger partial charge in [0.05, 0.1) is 5.56 Å². The van der Waals surface area contributed by atoms with Crippen LogP contribution in [0.2, 0.25) is 5.02 Å². The van der Waals surface area contributed by atoms with Crippen LogP contribution in [0.25, 0.3) is 0 Å². The quantitative estimate of drug-likeness (QED) is 0.828. The van der Waals surface area contributed by atoms with Crippen LogP contribution in [0, 0.1) is 0 Å². The third-order valence-electron chi connectivity index (χ3n) is 2.47. The Labute approximate surface area is 114 Å². The van der Waals surface area contributed by atoms with Gasteiger partial charge in [-0.25, -0.2) is 0 Å². The lowest BCUT2D eigenvalue weighted by molar-refractivity contribution is 0.0848. The van der Waals surface area contributed by atoms with E-state index >= 15 is 0 Å². The standard InChI is InChI=1S/C14H10ClNO3/c15-10-6-7-12(17)11(8-10)14(19)16-13(18)9-4-2-1-3-5-9/h1-8,17H,(H,16,18,19). The molecule has 0 radical (unpaired) electrons. The summed E-state index contributed by atoms with van der Waals surface area (Å²) in [5.74, 6) is -1.47. The predicted molar refractivity (Wildman–Crippen MR) is 71.4 cm³/mol. The summed E-state index contributed by atoms with van der Waals surface area (Å²) in [5, 5.41) is 12.0. The van der Waals surface area contributed by atoms with Gasteiger partial charge in [0.25, 0.3) is 11.8 Å². The molecule has 0 aliphatic carbocycles. The van der Waals surface area contributed by atoms with Crippen LogP contribution < -0.4 is 5.32 Å². The number of hydrogen-bond donors (Lipinski definition) is 2. The first-order valence-corrected chi connectivity index (χ1v) is 5.85.